The minimum atomic E-state index is -3.68. The van der Waals surface area contributed by atoms with Crippen LogP contribution in [0, 0.1) is 0 Å². The van der Waals surface area contributed by atoms with Crippen molar-refractivity contribution in [2.45, 2.75) is 0 Å². The molecule has 0 amide bonds. The third-order valence-corrected chi connectivity index (χ3v) is 4.75. The number of fused-ring (bicyclic) bond motifs is 1. The average molecular weight is 297 g/mol. The van der Waals surface area contributed by atoms with E-state index in [4.69, 9.17) is 11.6 Å². The summed E-state index contributed by atoms with van der Waals surface area (Å²) in [5, 5.41) is -0.000246. The van der Waals surface area contributed by atoms with Gasteiger partial charge in [0.2, 0.25) is 5.28 Å². The molecule has 0 fully saturated rings. The second kappa shape index (κ2) is 4.07. The first-order valence-corrected chi connectivity index (χ1v) is 7.16. The Labute approximate surface area is 115 Å². The van der Waals surface area contributed by atoms with Crippen molar-refractivity contribution in [2.75, 3.05) is 15.7 Å². The molecule has 6 nitrogen and oxygen atoms in total. The summed E-state index contributed by atoms with van der Waals surface area (Å²) in [6.07, 6.45) is 1.42. The molecule has 0 unspecified atom stereocenters. The van der Waals surface area contributed by atoms with E-state index in [2.05, 4.69) is 9.97 Å². The highest BCUT2D eigenvalue weighted by Gasteiger charge is 2.39. The second-order valence-electron chi connectivity index (χ2n) is 3.91. The van der Waals surface area contributed by atoms with Gasteiger partial charge in [0.25, 0.3) is 0 Å². The number of para-hydroxylation sites is 2. The van der Waals surface area contributed by atoms with Gasteiger partial charge in [0.05, 0.1) is 11.4 Å². The van der Waals surface area contributed by atoms with E-state index >= 15 is 0 Å². The maximum atomic E-state index is 12.4. The number of nitrogens with zero attached hydrogens (tertiary/aromatic N) is 4. The number of hydrogen-bond donors (Lipinski definition) is 0. The van der Waals surface area contributed by atoms with Crippen molar-refractivity contribution in [2.24, 2.45) is 0 Å². The lowest BCUT2D eigenvalue weighted by Gasteiger charge is -2.17. The third-order valence-electron chi connectivity index (χ3n) is 2.84. The van der Waals surface area contributed by atoms with Gasteiger partial charge in [-0.1, -0.05) is 12.1 Å². The lowest BCUT2D eigenvalue weighted by molar-refractivity contribution is 0.596. The first kappa shape index (κ1) is 12.2. The Morgan fingerprint density at radius 3 is 2.53 bits per heavy atom. The Kier molecular flexibility index (Phi) is 2.61. The van der Waals surface area contributed by atoms with E-state index in [0.717, 1.165) is 4.31 Å². The minimum Gasteiger partial charge on any atom is -0.254 e. The molecule has 0 saturated heterocycles. The van der Waals surface area contributed by atoms with Crippen molar-refractivity contribution in [3.8, 4) is 0 Å². The summed E-state index contributed by atoms with van der Waals surface area (Å²) in [5.74, 6) is 0.219. The normalized spacial score (nSPS) is 16.5. The van der Waals surface area contributed by atoms with Crippen LogP contribution < -0.4 is 8.61 Å². The second-order valence-corrected chi connectivity index (χ2v) is 6.06. The van der Waals surface area contributed by atoms with Gasteiger partial charge in [-0.2, -0.15) is 13.4 Å². The molecule has 0 radical (unpaired) electrons. The third kappa shape index (κ3) is 1.73. The molecule has 2 aromatic rings. The van der Waals surface area contributed by atoms with Gasteiger partial charge in [0, 0.05) is 19.3 Å². The summed E-state index contributed by atoms with van der Waals surface area (Å²) in [6.45, 7) is 0. The zero-order valence-corrected chi connectivity index (χ0v) is 11.4. The van der Waals surface area contributed by atoms with Crippen LogP contribution in [0.25, 0.3) is 0 Å². The minimum absolute atomic E-state index is 0.000246. The number of halogens is 1. The zero-order valence-electron chi connectivity index (χ0n) is 9.86. The number of anilines is 3. The molecule has 2 heterocycles. The zero-order chi connectivity index (χ0) is 13.6. The molecule has 1 aliphatic rings. The number of aromatic nitrogens is 2. The Hall–Kier alpha value is -1.86. The Bertz CT molecular complexity index is 750. The van der Waals surface area contributed by atoms with E-state index in [1.54, 1.807) is 24.3 Å². The number of benzene rings is 1. The fraction of sp³-hybridized carbons (Fsp3) is 0.0909. The fourth-order valence-electron chi connectivity index (χ4n) is 1.95. The van der Waals surface area contributed by atoms with E-state index in [9.17, 15) is 8.42 Å². The van der Waals surface area contributed by atoms with Crippen LogP contribution in [0.5, 0.6) is 0 Å². The van der Waals surface area contributed by atoms with E-state index < -0.39 is 10.2 Å². The van der Waals surface area contributed by atoms with Crippen LogP contribution in [0.3, 0.4) is 0 Å². The molecule has 0 bridgehead atoms. The molecule has 19 heavy (non-hydrogen) atoms. The van der Waals surface area contributed by atoms with Crippen LogP contribution in [0.2, 0.25) is 5.28 Å². The summed E-state index contributed by atoms with van der Waals surface area (Å²) >= 11 is 5.72. The van der Waals surface area contributed by atoms with Gasteiger partial charge in [-0.05, 0) is 23.7 Å². The summed E-state index contributed by atoms with van der Waals surface area (Å²) in [6, 6.07) is 8.49. The first-order valence-electron chi connectivity index (χ1n) is 5.38. The van der Waals surface area contributed by atoms with Crippen LogP contribution in [0.1, 0.15) is 0 Å². The van der Waals surface area contributed by atoms with Crippen LogP contribution in [0.15, 0.2) is 36.5 Å². The average Bonchev–Trinajstić information content (AvgIpc) is 2.58. The summed E-state index contributed by atoms with van der Waals surface area (Å²) in [4.78, 5) is 7.71. The lowest BCUT2D eigenvalue weighted by atomic mass is 10.2. The van der Waals surface area contributed by atoms with Gasteiger partial charge < -0.3 is 0 Å². The Morgan fingerprint density at radius 1 is 1.16 bits per heavy atom. The van der Waals surface area contributed by atoms with Crippen molar-refractivity contribution < 1.29 is 8.42 Å². The van der Waals surface area contributed by atoms with Crippen molar-refractivity contribution in [1.82, 2.24) is 9.97 Å². The molecule has 1 aliphatic heterocycles. The number of hydrogen-bond acceptors (Lipinski definition) is 4. The summed E-state index contributed by atoms with van der Waals surface area (Å²) < 4.78 is 27.2. The molecule has 1 aromatic heterocycles. The summed E-state index contributed by atoms with van der Waals surface area (Å²) in [5.41, 5.74) is 1.14. The molecule has 0 spiro atoms. The summed E-state index contributed by atoms with van der Waals surface area (Å²) in [7, 11) is -2.18. The lowest BCUT2D eigenvalue weighted by Crippen LogP contribution is -2.32. The molecule has 1 aromatic carbocycles. The maximum absolute atomic E-state index is 12.4. The van der Waals surface area contributed by atoms with Gasteiger partial charge in [-0.25, -0.2) is 9.29 Å². The smallest absolute Gasteiger partial charge is 0.254 e. The van der Waals surface area contributed by atoms with Gasteiger partial charge in [0.1, 0.15) is 0 Å². The van der Waals surface area contributed by atoms with Gasteiger partial charge in [-0.15, -0.1) is 0 Å². The maximum Gasteiger partial charge on any atom is 0.331 e. The monoisotopic (exact) mass is 296 g/mol. The number of rotatable bonds is 1. The molecule has 98 valence electrons. The molecule has 8 heteroatoms. The molecular formula is C11H9ClN4O2S. The van der Waals surface area contributed by atoms with Gasteiger partial charge in [0.15, 0.2) is 5.82 Å². The quantitative estimate of drug-likeness (QED) is 0.755. The predicted octanol–water partition coefficient (Wildman–Crippen LogP) is 1.96. The molecule has 0 aliphatic carbocycles. The standard InChI is InChI=1S/C11H9ClN4O2S/c1-15-8-4-2-3-5-9(8)16(19(15,17)18)10-6-7-13-11(12)14-10/h2-7H,1H3. The highest BCUT2D eigenvalue weighted by molar-refractivity contribution is 7.95. The van der Waals surface area contributed by atoms with Crippen molar-refractivity contribution in [3.63, 3.8) is 0 Å². The van der Waals surface area contributed by atoms with Crippen LogP contribution in [-0.2, 0) is 10.2 Å². The molecule has 3 rings (SSSR count). The molecule has 0 N–H and O–H groups in total. The SMILES string of the molecule is CN1c2ccccc2N(c2ccnc(Cl)n2)S1(=O)=O. The van der Waals surface area contributed by atoms with Gasteiger partial charge in [-0.3, -0.25) is 4.31 Å². The van der Waals surface area contributed by atoms with Crippen molar-refractivity contribution in [3.05, 3.63) is 41.8 Å². The van der Waals surface area contributed by atoms with Crippen molar-refractivity contribution >= 4 is 39.0 Å². The van der Waals surface area contributed by atoms with E-state index in [1.807, 2.05) is 0 Å². The van der Waals surface area contributed by atoms with E-state index in [1.165, 1.54) is 23.6 Å². The highest BCUT2D eigenvalue weighted by Crippen LogP contribution is 2.43. The van der Waals surface area contributed by atoms with Crippen LogP contribution in [0.4, 0.5) is 17.2 Å². The topological polar surface area (TPSA) is 66.4 Å². The molecule has 0 saturated carbocycles. The van der Waals surface area contributed by atoms with Crippen molar-refractivity contribution in [1.29, 1.82) is 0 Å². The fourth-order valence-corrected chi connectivity index (χ4v) is 3.49. The van der Waals surface area contributed by atoms with Crippen LogP contribution in [-0.4, -0.2) is 25.4 Å². The van der Waals surface area contributed by atoms with E-state index in [0.29, 0.717) is 11.4 Å². The van der Waals surface area contributed by atoms with Crippen LogP contribution >= 0.6 is 11.6 Å². The van der Waals surface area contributed by atoms with E-state index in [-0.39, 0.29) is 11.1 Å². The highest BCUT2D eigenvalue weighted by atomic mass is 35.5. The Morgan fingerprint density at radius 2 is 1.84 bits per heavy atom. The predicted molar refractivity (Wildman–Crippen MR) is 72.9 cm³/mol. The molecular weight excluding hydrogens is 288 g/mol. The molecule has 0 atom stereocenters. The largest absolute Gasteiger partial charge is 0.331 e. The first-order chi connectivity index (χ1) is 9.01. The Balaban J connectivity index is 2.26. The van der Waals surface area contributed by atoms with Gasteiger partial charge >= 0.3 is 10.2 Å².